The van der Waals surface area contributed by atoms with Gasteiger partial charge in [0.15, 0.2) is 0 Å². The Kier molecular flexibility index (Phi) is 7.90. The van der Waals surface area contributed by atoms with Crippen molar-refractivity contribution < 1.29 is 52.7 Å². The summed E-state index contributed by atoms with van der Waals surface area (Å²) in [6.07, 6.45) is 2.23. The van der Waals surface area contributed by atoms with Crippen LogP contribution in [0.4, 0.5) is 52.7 Å². The first-order valence-corrected chi connectivity index (χ1v) is 10.6. The van der Waals surface area contributed by atoms with Crippen LogP contribution in [0.2, 0.25) is 0 Å². The molecular weight excluding hydrogens is 540 g/mol. The van der Waals surface area contributed by atoms with Gasteiger partial charge < -0.3 is 0 Å². The summed E-state index contributed by atoms with van der Waals surface area (Å²) in [6, 6.07) is 0. The Bertz CT molecular complexity index is 807. The average Bonchev–Trinajstić information content (AvgIpc) is 2.75. The molecule has 1 aliphatic heterocycles. The summed E-state index contributed by atoms with van der Waals surface area (Å²) in [7, 11) is 0. The Hall–Kier alpha value is -0.750. The van der Waals surface area contributed by atoms with Crippen molar-refractivity contribution in [1.29, 1.82) is 0 Å². The monoisotopic (exact) mass is 546 g/mol. The number of alkyl halides is 12. The Morgan fingerprint density at radius 1 is 0.613 bits per heavy atom. The van der Waals surface area contributed by atoms with Crippen LogP contribution in [-0.2, 0) is 0 Å². The first kappa shape index (κ1) is 26.5. The van der Waals surface area contributed by atoms with Crippen molar-refractivity contribution in [2.75, 3.05) is 6.54 Å². The Labute approximate surface area is 182 Å². The minimum absolute atomic E-state index is 0.0714. The summed E-state index contributed by atoms with van der Waals surface area (Å²) >= 11 is -5.21. The summed E-state index contributed by atoms with van der Waals surface area (Å²) in [4.78, 5) is 0.403. The number of dihydropyridines is 1. The van der Waals surface area contributed by atoms with Crippen molar-refractivity contribution in [3.8, 4) is 0 Å². The Morgan fingerprint density at radius 2 is 1.00 bits per heavy atom. The van der Waals surface area contributed by atoms with Crippen LogP contribution in [0.3, 0.4) is 0 Å². The summed E-state index contributed by atoms with van der Waals surface area (Å²) in [5.41, 5.74) is -21.4. The predicted molar refractivity (Wildman–Crippen MR) is 93.5 cm³/mol. The molecule has 0 aliphatic carbocycles. The van der Waals surface area contributed by atoms with Crippen LogP contribution in [0.15, 0.2) is 37.0 Å². The SMILES string of the molecule is FC(F)(F)Sc1c(SC(F)(F)F)c(SC(F)(F)F)n(C2=NCC=CC2)c1SC(F)(F)F. The maximum Gasteiger partial charge on any atom is 0.447 e. The molecule has 1 aliphatic rings. The van der Waals surface area contributed by atoms with Gasteiger partial charge in [0.2, 0.25) is 0 Å². The number of aliphatic imine (C=N–C) groups is 1. The minimum atomic E-state index is -5.39. The fraction of sp³-hybridized carbons (Fsp3) is 0.462. The Balaban J connectivity index is 2.90. The van der Waals surface area contributed by atoms with Crippen molar-refractivity contribution >= 4 is 52.9 Å². The van der Waals surface area contributed by atoms with Gasteiger partial charge in [-0.15, -0.1) is 0 Å². The lowest BCUT2D eigenvalue weighted by Crippen LogP contribution is -2.18. The molecule has 31 heavy (non-hydrogen) atoms. The van der Waals surface area contributed by atoms with Crippen LogP contribution in [0.25, 0.3) is 0 Å². The molecule has 2 heterocycles. The van der Waals surface area contributed by atoms with Gasteiger partial charge in [0.05, 0.1) is 16.3 Å². The van der Waals surface area contributed by atoms with Gasteiger partial charge in [-0.25, -0.2) is 0 Å². The van der Waals surface area contributed by atoms with Crippen LogP contribution in [0.1, 0.15) is 6.42 Å². The second-order valence-corrected chi connectivity index (χ2v) is 9.49. The number of rotatable bonds is 4. The molecule has 0 spiro atoms. The molecule has 0 fully saturated rings. The van der Waals surface area contributed by atoms with Gasteiger partial charge in [-0.3, -0.25) is 9.56 Å². The summed E-state index contributed by atoms with van der Waals surface area (Å²) in [5, 5.41) is -2.97. The van der Waals surface area contributed by atoms with Crippen molar-refractivity contribution in [2.45, 2.75) is 48.3 Å². The quantitative estimate of drug-likeness (QED) is 0.215. The topological polar surface area (TPSA) is 17.3 Å². The number of hydrogen-bond donors (Lipinski definition) is 0. The zero-order chi connectivity index (χ0) is 23.8. The molecule has 0 bridgehead atoms. The van der Waals surface area contributed by atoms with Gasteiger partial charge >= 0.3 is 22.0 Å². The summed E-state index contributed by atoms with van der Waals surface area (Å²) in [5.74, 6) is -0.556. The van der Waals surface area contributed by atoms with E-state index in [1.165, 1.54) is 12.2 Å². The zero-order valence-corrected chi connectivity index (χ0v) is 17.4. The number of allylic oxidation sites excluding steroid dienone is 1. The maximum atomic E-state index is 13.1. The van der Waals surface area contributed by atoms with Crippen LogP contribution in [-0.4, -0.2) is 39.0 Å². The Morgan fingerprint density at radius 3 is 1.29 bits per heavy atom. The lowest BCUT2D eigenvalue weighted by molar-refractivity contribution is -0.0354. The van der Waals surface area contributed by atoms with E-state index in [-0.39, 0.29) is 11.1 Å². The highest BCUT2D eigenvalue weighted by Crippen LogP contribution is 2.58. The number of halogens is 12. The molecule has 0 N–H and O–H groups in total. The minimum Gasteiger partial charge on any atom is -0.284 e. The van der Waals surface area contributed by atoms with Crippen LogP contribution in [0.5, 0.6) is 0 Å². The third kappa shape index (κ3) is 8.27. The first-order valence-electron chi connectivity index (χ1n) is 7.36. The number of aromatic nitrogens is 1. The van der Waals surface area contributed by atoms with E-state index in [1.54, 1.807) is 0 Å². The molecule has 2 nitrogen and oxygen atoms in total. The highest BCUT2D eigenvalue weighted by molar-refractivity contribution is 8.05. The molecule has 1 aromatic heterocycles. The smallest absolute Gasteiger partial charge is 0.284 e. The second kappa shape index (κ2) is 9.24. The summed E-state index contributed by atoms with van der Waals surface area (Å²) in [6.45, 7) is -0.233. The van der Waals surface area contributed by atoms with Gasteiger partial charge in [0, 0.05) is 29.9 Å². The van der Waals surface area contributed by atoms with E-state index >= 15 is 0 Å². The van der Waals surface area contributed by atoms with Gasteiger partial charge in [-0.05, 0) is 23.5 Å². The first-order chi connectivity index (χ1) is 13.9. The summed E-state index contributed by atoms with van der Waals surface area (Å²) < 4.78 is 156. The van der Waals surface area contributed by atoms with E-state index in [1.807, 2.05) is 0 Å². The van der Waals surface area contributed by atoms with E-state index in [2.05, 4.69) is 4.99 Å². The molecule has 18 heteroatoms. The normalized spacial score (nSPS) is 16.1. The number of hydrogen-bond acceptors (Lipinski definition) is 5. The van der Waals surface area contributed by atoms with Gasteiger partial charge in [0.1, 0.15) is 15.9 Å². The number of nitrogens with zero attached hydrogens (tertiary/aromatic N) is 2. The molecule has 2 rings (SSSR count). The van der Waals surface area contributed by atoms with Gasteiger partial charge in [-0.1, -0.05) is 12.2 Å². The third-order valence-corrected chi connectivity index (χ3v) is 6.64. The zero-order valence-electron chi connectivity index (χ0n) is 14.1. The van der Waals surface area contributed by atoms with E-state index in [0.717, 1.165) is 0 Å². The van der Waals surface area contributed by atoms with E-state index in [4.69, 9.17) is 0 Å². The molecule has 0 unspecified atom stereocenters. The van der Waals surface area contributed by atoms with Crippen LogP contribution in [0, 0.1) is 0 Å². The predicted octanol–water partition coefficient (Wildman–Crippen LogP) is 8.14. The third-order valence-electron chi connectivity index (χ3n) is 2.97. The van der Waals surface area contributed by atoms with Crippen molar-refractivity contribution in [2.24, 2.45) is 4.99 Å². The van der Waals surface area contributed by atoms with Crippen molar-refractivity contribution in [3.05, 3.63) is 12.2 Å². The van der Waals surface area contributed by atoms with E-state index in [9.17, 15) is 52.7 Å². The molecule has 0 amide bonds. The molecule has 1 aromatic rings. The van der Waals surface area contributed by atoms with Gasteiger partial charge in [0.25, 0.3) is 0 Å². The van der Waals surface area contributed by atoms with Gasteiger partial charge in [-0.2, -0.15) is 52.7 Å². The molecular formula is C13H6F12N2S4. The highest BCUT2D eigenvalue weighted by atomic mass is 32.2. The second-order valence-electron chi connectivity index (χ2n) is 5.23. The number of thioether (sulfide) groups is 4. The van der Waals surface area contributed by atoms with Crippen LogP contribution < -0.4 is 0 Å². The molecule has 0 atom stereocenters. The van der Waals surface area contributed by atoms with Crippen LogP contribution >= 0.6 is 47.0 Å². The lowest BCUT2D eigenvalue weighted by Gasteiger charge is -2.18. The fourth-order valence-electron chi connectivity index (χ4n) is 2.19. The lowest BCUT2D eigenvalue weighted by atomic mass is 10.3. The van der Waals surface area contributed by atoms with Crippen molar-refractivity contribution in [3.63, 3.8) is 0 Å². The van der Waals surface area contributed by atoms with E-state index in [0.29, 0.717) is 0 Å². The average molecular weight is 546 g/mol. The van der Waals surface area contributed by atoms with Crippen molar-refractivity contribution in [1.82, 2.24) is 4.57 Å². The largest absolute Gasteiger partial charge is 0.447 e. The standard InChI is InChI=1S/C13H6F12N2S4/c14-10(15,16)28-6-7(29-11(17,18)19)9(31-13(23,24)25)27(5-3-1-2-4-26-5)8(6)30-12(20,21)22/h1-2H,3-4H2. The highest BCUT2D eigenvalue weighted by Gasteiger charge is 2.46. The molecule has 0 radical (unpaired) electrons. The molecule has 176 valence electrons. The molecule has 0 aromatic carbocycles. The maximum absolute atomic E-state index is 13.1. The molecule has 0 saturated carbocycles. The van der Waals surface area contributed by atoms with E-state index < -0.39 is 101 Å². The molecule has 0 saturated heterocycles. The fourth-order valence-corrected chi connectivity index (χ4v) is 5.73.